The summed E-state index contributed by atoms with van der Waals surface area (Å²) in [7, 11) is 1.77. The van der Waals surface area contributed by atoms with E-state index in [4.69, 9.17) is 4.74 Å². The second-order valence-electron chi connectivity index (χ2n) is 5.37. The third-order valence-corrected chi connectivity index (χ3v) is 3.18. The van der Waals surface area contributed by atoms with E-state index in [-0.39, 0.29) is 5.60 Å². The molecule has 2 atom stereocenters. The molecule has 1 unspecified atom stereocenters. The van der Waals surface area contributed by atoms with Crippen molar-refractivity contribution in [2.75, 3.05) is 7.11 Å². The summed E-state index contributed by atoms with van der Waals surface area (Å²) in [5, 5.41) is 3.61. The Morgan fingerprint density at radius 1 is 1.18 bits per heavy atom. The molecule has 1 aromatic rings. The zero-order valence-corrected chi connectivity index (χ0v) is 11.7. The van der Waals surface area contributed by atoms with Crippen molar-refractivity contribution in [3.8, 4) is 0 Å². The van der Waals surface area contributed by atoms with Gasteiger partial charge in [0.15, 0.2) is 0 Å². The molecule has 0 aliphatic heterocycles. The molecule has 17 heavy (non-hydrogen) atoms. The minimum atomic E-state index is -0.0666. The zero-order valence-electron chi connectivity index (χ0n) is 11.7. The van der Waals surface area contributed by atoms with Crippen LogP contribution in [0, 0.1) is 0 Å². The fraction of sp³-hybridized carbons (Fsp3) is 0.600. The molecule has 2 heteroatoms. The summed E-state index contributed by atoms with van der Waals surface area (Å²) in [4.78, 5) is 0. The number of methoxy groups -OCH3 is 1. The number of nitrogens with one attached hydrogen (secondary N) is 1. The molecule has 0 bridgehead atoms. The maximum atomic E-state index is 5.46. The van der Waals surface area contributed by atoms with E-state index in [0.717, 1.165) is 6.42 Å². The average Bonchev–Trinajstić information content (AvgIpc) is 2.29. The number of benzene rings is 1. The molecule has 0 amide bonds. The van der Waals surface area contributed by atoms with Crippen molar-refractivity contribution in [1.82, 2.24) is 5.32 Å². The molecule has 1 aromatic carbocycles. The molecular formula is C15H25NO. The van der Waals surface area contributed by atoms with Crippen LogP contribution in [-0.4, -0.2) is 18.8 Å². The lowest BCUT2D eigenvalue weighted by Gasteiger charge is -2.29. The maximum absolute atomic E-state index is 5.46. The Balaban J connectivity index is 2.49. The van der Waals surface area contributed by atoms with Gasteiger partial charge in [-0.15, -0.1) is 0 Å². The molecule has 0 fully saturated rings. The van der Waals surface area contributed by atoms with Crippen LogP contribution in [0.2, 0.25) is 0 Å². The summed E-state index contributed by atoms with van der Waals surface area (Å²) in [6, 6.07) is 11.3. The zero-order chi connectivity index (χ0) is 12.9. The Hall–Kier alpha value is -0.860. The van der Waals surface area contributed by atoms with Gasteiger partial charge in [0.25, 0.3) is 0 Å². The number of hydrogen-bond acceptors (Lipinski definition) is 2. The Labute approximate surface area is 105 Å². The minimum Gasteiger partial charge on any atom is -0.379 e. The third kappa shape index (κ3) is 4.88. The van der Waals surface area contributed by atoms with E-state index in [9.17, 15) is 0 Å². The van der Waals surface area contributed by atoms with Gasteiger partial charge in [-0.05, 0) is 39.7 Å². The molecule has 2 nitrogen and oxygen atoms in total. The summed E-state index contributed by atoms with van der Waals surface area (Å²) < 4.78 is 5.46. The fourth-order valence-corrected chi connectivity index (χ4v) is 2.14. The normalized spacial score (nSPS) is 15.6. The van der Waals surface area contributed by atoms with Crippen LogP contribution in [0.5, 0.6) is 0 Å². The summed E-state index contributed by atoms with van der Waals surface area (Å²) in [6.07, 6.45) is 1.00. The summed E-state index contributed by atoms with van der Waals surface area (Å²) >= 11 is 0. The Bertz CT molecular complexity index is 321. The monoisotopic (exact) mass is 235 g/mol. The van der Waals surface area contributed by atoms with Gasteiger partial charge in [-0.1, -0.05) is 30.3 Å². The van der Waals surface area contributed by atoms with Crippen LogP contribution < -0.4 is 5.32 Å². The van der Waals surface area contributed by atoms with Crippen LogP contribution in [0.15, 0.2) is 30.3 Å². The van der Waals surface area contributed by atoms with Crippen molar-refractivity contribution in [3.05, 3.63) is 35.9 Å². The van der Waals surface area contributed by atoms with E-state index in [1.807, 2.05) is 6.07 Å². The SMILES string of the molecule is COC(C)(C)CC(C)N[C@H](C)c1ccccc1. The molecule has 1 N–H and O–H groups in total. The Morgan fingerprint density at radius 2 is 1.76 bits per heavy atom. The summed E-state index contributed by atoms with van der Waals surface area (Å²) in [5.41, 5.74) is 1.26. The van der Waals surface area contributed by atoms with E-state index < -0.39 is 0 Å². The summed E-state index contributed by atoms with van der Waals surface area (Å²) in [6.45, 7) is 8.66. The Morgan fingerprint density at radius 3 is 2.29 bits per heavy atom. The number of rotatable bonds is 6. The molecule has 0 aliphatic carbocycles. The Kier molecular flexibility index (Phi) is 5.16. The van der Waals surface area contributed by atoms with Gasteiger partial charge in [0, 0.05) is 19.2 Å². The van der Waals surface area contributed by atoms with Crippen molar-refractivity contribution in [3.63, 3.8) is 0 Å². The highest BCUT2D eigenvalue weighted by atomic mass is 16.5. The lowest BCUT2D eigenvalue weighted by molar-refractivity contribution is 0.00782. The van der Waals surface area contributed by atoms with Crippen molar-refractivity contribution >= 4 is 0 Å². The molecule has 0 saturated heterocycles. The molecule has 0 heterocycles. The van der Waals surface area contributed by atoms with Crippen LogP contribution in [-0.2, 0) is 4.74 Å². The minimum absolute atomic E-state index is 0.0666. The molecule has 0 aliphatic rings. The number of ether oxygens (including phenoxy) is 1. The third-order valence-electron chi connectivity index (χ3n) is 3.18. The molecular weight excluding hydrogens is 210 g/mol. The van der Waals surface area contributed by atoms with Gasteiger partial charge in [-0.25, -0.2) is 0 Å². The predicted molar refractivity (Wildman–Crippen MR) is 73.2 cm³/mol. The highest BCUT2D eigenvalue weighted by Crippen LogP contribution is 2.18. The lowest BCUT2D eigenvalue weighted by Crippen LogP contribution is -2.36. The first-order chi connectivity index (χ1) is 7.94. The van der Waals surface area contributed by atoms with Gasteiger partial charge in [0.05, 0.1) is 5.60 Å². The van der Waals surface area contributed by atoms with E-state index >= 15 is 0 Å². The quantitative estimate of drug-likeness (QED) is 0.814. The largest absolute Gasteiger partial charge is 0.379 e. The molecule has 96 valence electrons. The smallest absolute Gasteiger partial charge is 0.0637 e. The van der Waals surface area contributed by atoms with Crippen molar-refractivity contribution in [2.24, 2.45) is 0 Å². The lowest BCUT2D eigenvalue weighted by atomic mass is 9.98. The van der Waals surface area contributed by atoms with E-state index in [1.165, 1.54) is 5.56 Å². The second kappa shape index (κ2) is 6.18. The van der Waals surface area contributed by atoms with Gasteiger partial charge in [0.1, 0.15) is 0 Å². The molecule has 0 spiro atoms. The molecule has 0 radical (unpaired) electrons. The number of hydrogen-bond donors (Lipinski definition) is 1. The van der Waals surface area contributed by atoms with E-state index in [2.05, 4.69) is 57.3 Å². The first-order valence-electron chi connectivity index (χ1n) is 6.31. The van der Waals surface area contributed by atoms with Gasteiger partial charge in [-0.2, -0.15) is 0 Å². The van der Waals surface area contributed by atoms with Crippen molar-refractivity contribution in [1.29, 1.82) is 0 Å². The van der Waals surface area contributed by atoms with Gasteiger partial charge >= 0.3 is 0 Å². The first kappa shape index (κ1) is 14.2. The molecule has 0 aromatic heterocycles. The summed E-state index contributed by atoms with van der Waals surface area (Å²) in [5.74, 6) is 0. The molecule has 1 rings (SSSR count). The van der Waals surface area contributed by atoms with Gasteiger partial charge in [-0.3, -0.25) is 0 Å². The second-order valence-corrected chi connectivity index (χ2v) is 5.37. The van der Waals surface area contributed by atoms with Crippen LogP contribution in [0.4, 0.5) is 0 Å². The highest BCUT2D eigenvalue weighted by Gasteiger charge is 2.21. The van der Waals surface area contributed by atoms with Gasteiger partial charge < -0.3 is 10.1 Å². The maximum Gasteiger partial charge on any atom is 0.0637 e. The van der Waals surface area contributed by atoms with Crippen LogP contribution in [0.1, 0.15) is 45.7 Å². The van der Waals surface area contributed by atoms with Crippen LogP contribution in [0.3, 0.4) is 0 Å². The van der Waals surface area contributed by atoms with Crippen molar-refractivity contribution in [2.45, 2.75) is 51.8 Å². The molecule has 0 saturated carbocycles. The highest BCUT2D eigenvalue weighted by molar-refractivity contribution is 5.18. The van der Waals surface area contributed by atoms with Crippen molar-refractivity contribution < 1.29 is 4.74 Å². The van der Waals surface area contributed by atoms with Crippen LogP contribution >= 0.6 is 0 Å². The first-order valence-corrected chi connectivity index (χ1v) is 6.31. The van der Waals surface area contributed by atoms with Crippen LogP contribution in [0.25, 0.3) is 0 Å². The fourth-order valence-electron chi connectivity index (χ4n) is 2.14. The van der Waals surface area contributed by atoms with E-state index in [0.29, 0.717) is 12.1 Å². The topological polar surface area (TPSA) is 21.3 Å². The van der Waals surface area contributed by atoms with Gasteiger partial charge in [0.2, 0.25) is 0 Å². The predicted octanol–water partition coefficient (Wildman–Crippen LogP) is 3.54. The average molecular weight is 235 g/mol. The van der Waals surface area contributed by atoms with E-state index in [1.54, 1.807) is 7.11 Å². The standard InChI is InChI=1S/C15H25NO/c1-12(11-15(3,4)17-5)16-13(2)14-9-7-6-8-10-14/h6-10,12-13,16H,11H2,1-5H3/t12?,13-/m1/s1.